The predicted octanol–water partition coefficient (Wildman–Crippen LogP) is 3.55. The van der Waals surface area contributed by atoms with E-state index < -0.39 is 6.10 Å². The van der Waals surface area contributed by atoms with Crippen LogP contribution in [0.2, 0.25) is 0 Å². The average Bonchev–Trinajstić information content (AvgIpc) is 2.61. The van der Waals surface area contributed by atoms with Crippen molar-refractivity contribution < 1.29 is 19.1 Å². The largest absolute Gasteiger partial charge is 0.482 e. The lowest BCUT2D eigenvalue weighted by atomic mass is 10.0. The molecule has 0 spiro atoms. The zero-order valence-corrected chi connectivity index (χ0v) is 15.0. The quantitative estimate of drug-likeness (QED) is 0.861. The molecule has 6 nitrogen and oxygen atoms in total. The lowest BCUT2D eigenvalue weighted by Gasteiger charge is -2.19. The van der Waals surface area contributed by atoms with Gasteiger partial charge in [-0.3, -0.25) is 9.59 Å². The summed E-state index contributed by atoms with van der Waals surface area (Å²) in [6.45, 7) is 5.93. The van der Waals surface area contributed by atoms with E-state index in [9.17, 15) is 9.59 Å². The Hall–Kier alpha value is -3.02. The Labute approximate surface area is 152 Å². The topological polar surface area (TPSA) is 76.7 Å². The smallest absolute Gasteiger partial charge is 0.265 e. The van der Waals surface area contributed by atoms with E-state index in [1.165, 1.54) is 5.56 Å². The summed E-state index contributed by atoms with van der Waals surface area (Å²) in [6.07, 6.45) is -0.665. The maximum Gasteiger partial charge on any atom is 0.265 e. The Morgan fingerprint density at radius 1 is 1.15 bits per heavy atom. The third kappa shape index (κ3) is 4.14. The zero-order chi connectivity index (χ0) is 18.7. The Morgan fingerprint density at radius 3 is 2.58 bits per heavy atom. The maximum atomic E-state index is 12.4. The van der Waals surface area contributed by atoms with Crippen molar-refractivity contribution in [2.45, 2.75) is 32.8 Å². The number of amides is 2. The van der Waals surface area contributed by atoms with Crippen LogP contribution in [0, 0.1) is 0 Å². The molecular formula is C20H22N2O4. The normalized spacial score (nSPS) is 14.1. The van der Waals surface area contributed by atoms with Crippen LogP contribution in [-0.4, -0.2) is 24.5 Å². The monoisotopic (exact) mass is 354 g/mol. The fraction of sp³-hybridized carbons (Fsp3) is 0.300. The Morgan fingerprint density at radius 2 is 1.88 bits per heavy atom. The van der Waals surface area contributed by atoms with Gasteiger partial charge in [0.2, 0.25) is 0 Å². The van der Waals surface area contributed by atoms with Gasteiger partial charge in [-0.1, -0.05) is 26.0 Å². The van der Waals surface area contributed by atoms with Crippen molar-refractivity contribution in [2.75, 3.05) is 17.2 Å². The summed E-state index contributed by atoms with van der Waals surface area (Å²) in [5, 5.41) is 5.50. The van der Waals surface area contributed by atoms with Gasteiger partial charge in [-0.15, -0.1) is 0 Å². The molecule has 136 valence electrons. The Bertz CT molecular complexity index is 815. The van der Waals surface area contributed by atoms with Gasteiger partial charge < -0.3 is 20.1 Å². The Kier molecular flexibility index (Phi) is 5.11. The number of ether oxygens (including phenoxy) is 2. The Balaban J connectivity index is 1.62. The molecule has 0 bridgehead atoms. The van der Waals surface area contributed by atoms with E-state index in [4.69, 9.17) is 9.47 Å². The van der Waals surface area contributed by atoms with E-state index in [1.807, 2.05) is 24.3 Å². The third-order valence-electron chi connectivity index (χ3n) is 4.11. The molecule has 0 radical (unpaired) electrons. The summed E-state index contributed by atoms with van der Waals surface area (Å²) >= 11 is 0. The number of carbonyl (C=O) groups excluding carboxylic acids is 2. The van der Waals surface area contributed by atoms with Crippen LogP contribution >= 0.6 is 0 Å². The van der Waals surface area contributed by atoms with Crippen molar-refractivity contribution in [3.8, 4) is 11.5 Å². The van der Waals surface area contributed by atoms with Gasteiger partial charge in [0.05, 0.1) is 5.69 Å². The molecule has 0 aliphatic carbocycles. The van der Waals surface area contributed by atoms with E-state index in [2.05, 4.69) is 24.5 Å². The van der Waals surface area contributed by atoms with Gasteiger partial charge >= 0.3 is 0 Å². The molecule has 26 heavy (non-hydrogen) atoms. The lowest BCUT2D eigenvalue weighted by Crippen LogP contribution is -2.30. The van der Waals surface area contributed by atoms with E-state index in [0.717, 1.165) is 0 Å². The van der Waals surface area contributed by atoms with E-state index in [1.54, 1.807) is 25.1 Å². The molecule has 2 aromatic carbocycles. The molecule has 0 saturated carbocycles. The van der Waals surface area contributed by atoms with E-state index >= 15 is 0 Å². The highest BCUT2D eigenvalue weighted by Crippen LogP contribution is 2.30. The van der Waals surface area contributed by atoms with Gasteiger partial charge in [-0.2, -0.15) is 0 Å². The van der Waals surface area contributed by atoms with Crippen molar-refractivity contribution in [1.29, 1.82) is 0 Å². The highest BCUT2D eigenvalue weighted by Gasteiger charge is 2.19. The summed E-state index contributed by atoms with van der Waals surface area (Å²) in [5.74, 6) is 1.17. The highest BCUT2D eigenvalue weighted by atomic mass is 16.5. The maximum absolute atomic E-state index is 12.4. The molecule has 3 rings (SSSR count). The number of hydrogen-bond acceptors (Lipinski definition) is 4. The predicted molar refractivity (Wildman–Crippen MR) is 99.8 cm³/mol. The minimum absolute atomic E-state index is 0.000815. The second-order valence-electron chi connectivity index (χ2n) is 6.52. The summed E-state index contributed by atoms with van der Waals surface area (Å²) < 4.78 is 11.0. The average molecular weight is 354 g/mol. The van der Waals surface area contributed by atoms with Crippen LogP contribution in [0.5, 0.6) is 11.5 Å². The van der Waals surface area contributed by atoms with Crippen molar-refractivity contribution in [3.63, 3.8) is 0 Å². The summed E-state index contributed by atoms with van der Waals surface area (Å²) in [4.78, 5) is 23.8. The van der Waals surface area contributed by atoms with Crippen LogP contribution in [0.15, 0.2) is 42.5 Å². The molecule has 1 heterocycles. The van der Waals surface area contributed by atoms with Gasteiger partial charge in [0.25, 0.3) is 11.8 Å². The second kappa shape index (κ2) is 7.47. The first-order chi connectivity index (χ1) is 12.4. The van der Waals surface area contributed by atoms with Crippen LogP contribution in [0.3, 0.4) is 0 Å². The number of carbonyl (C=O) groups is 2. The first kappa shape index (κ1) is 17.8. The van der Waals surface area contributed by atoms with Crippen LogP contribution in [0.4, 0.5) is 11.4 Å². The fourth-order valence-corrected chi connectivity index (χ4v) is 2.59. The molecule has 2 amide bonds. The molecule has 2 N–H and O–H groups in total. The lowest BCUT2D eigenvalue weighted by molar-refractivity contribution is -0.122. The minimum atomic E-state index is -0.665. The van der Waals surface area contributed by atoms with Gasteiger partial charge in [-0.25, -0.2) is 0 Å². The number of benzene rings is 2. The summed E-state index contributed by atoms with van der Waals surface area (Å²) in [5.41, 5.74) is 2.31. The fourth-order valence-electron chi connectivity index (χ4n) is 2.59. The van der Waals surface area contributed by atoms with Crippen molar-refractivity contribution >= 4 is 23.2 Å². The molecule has 6 heteroatoms. The van der Waals surface area contributed by atoms with Gasteiger partial charge in [0.15, 0.2) is 12.7 Å². The standard InChI is InChI=1S/C20H22N2O4/c1-12(2)14-4-7-16(8-5-14)26-13(3)20(24)21-15-6-9-18-17(10-15)22-19(23)11-25-18/h4-10,12-13H,11H2,1-3H3,(H,21,24)(H,22,23). The number of anilines is 2. The first-order valence-corrected chi connectivity index (χ1v) is 8.56. The highest BCUT2D eigenvalue weighted by molar-refractivity contribution is 5.98. The van der Waals surface area contributed by atoms with Crippen molar-refractivity contribution in [2.24, 2.45) is 0 Å². The molecule has 0 saturated heterocycles. The van der Waals surface area contributed by atoms with Crippen LogP contribution in [-0.2, 0) is 9.59 Å². The minimum Gasteiger partial charge on any atom is -0.482 e. The van der Waals surface area contributed by atoms with Crippen LogP contribution < -0.4 is 20.1 Å². The van der Waals surface area contributed by atoms with Gasteiger partial charge in [0, 0.05) is 5.69 Å². The third-order valence-corrected chi connectivity index (χ3v) is 4.11. The molecule has 1 aliphatic heterocycles. The zero-order valence-electron chi connectivity index (χ0n) is 15.0. The first-order valence-electron chi connectivity index (χ1n) is 8.56. The molecular weight excluding hydrogens is 332 g/mol. The second-order valence-corrected chi connectivity index (χ2v) is 6.52. The molecule has 2 aromatic rings. The van der Waals surface area contributed by atoms with Gasteiger partial charge in [0.1, 0.15) is 11.5 Å². The van der Waals surface area contributed by atoms with Gasteiger partial charge in [-0.05, 0) is 48.7 Å². The van der Waals surface area contributed by atoms with Crippen LogP contribution in [0.25, 0.3) is 0 Å². The summed E-state index contributed by atoms with van der Waals surface area (Å²) in [6, 6.07) is 12.8. The molecule has 1 aliphatic rings. The molecule has 0 aromatic heterocycles. The number of rotatable bonds is 5. The summed E-state index contributed by atoms with van der Waals surface area (Å²) in [7, 11) is 0. The van der Waals surface area contributed by atoms with E-state index in [0.29, 0.717) is 28.8 Å². The van der Waals surface area contributed by atoms with E-state index in [-0.39, 0.29) is 18.4 Å². The van der Waals surface area contributed by atoms with Crippen molar-refractivity contribution in [3.05, 3.63) is 48.0 Å². The number of nitrogens with one attached hydrogen (secondary N) is 2. The molecule has 1 unspecified atom stereocenters. The number of hydrogen-bond donors (Lipinski definition) is 2. The molecule has 1 atom stereocenters. The van der Waals surface area contributed by atoms with Crippen LogP contribution in [0.1, 0.15) is 32.3 Å². The van der Waals surface area contributed by atoms with Crippen molar-refractivity contribution in [1.82, 2.24) is 0 Å². The number of fused-ring (bicyclic) bond motifs is 1. The molecule has 0 fully saturated rings. The SMILES string of the molecule is CC(Oc1ccc(C(C)C)cc1)C(=O)Nc1ccc2c(c1)NC(=O)CO2.